The monoisotopic (exact) mass is 455 g/mol. The standard InChI is InChI=1S/C16H16Cl3NO4S2/c17-12-3-6-14(7-4-12)25(21)20(9-1-2-10-26(22,23)24)16-11-13(18)5-8-15(16)19/h3-8,11H,1-2,9-10H2,(H,22,23,24). The molecule has 142 valence electrons. The molecule has 2 aromatic carbocycles. The fraction of sp³-hybridized carbons (Fsp3) is 0.250. The lowest BCUT2D eigenvalue weighted by Gasteiger charge is -2.24. The van der Waals surface area contributed by atoms with Crippen LogP contribution < -0.4 is 4.31 Å². The molecule has 0 radical (unpaired) electrons. The van der Waals surface area contributed by atoms with Crippen LogP contribution in [-0.2, 0) is 21.1 Å². The van der Waals surface area contributed by atoms with E-state index in [1.807, 2.05) is 0 Å². The van der Waals surface area contributed by atoms with Crippen LogP contribution in [0, 0.1) is 0 Å². The summed E-state index contributed by atoms with van der Waals surface area (Å²) in [6.45, 7) is 0.255. The smallest absolute Gasteiger partial charge is 0.264 e. The van der Waals surface area contributed by atoms with Crippen molar-refractivity contribution in [3.8, 4) is 0 Å². The zero-order valence-electron chi connectivity index (χ0n) is 13.4. The van der Waals surface area contributed by atoms with Gasteiger partial charge in [0, 0.05) is 16.6 Å². The number of hydrogen-bond acceptors (Lipinski definition) is 3. The number of unbranched alkanes of at least 4 members (excludes halogenated alkanes) is 1. The van der Waals surface area contributed by atoms with Crippen molar-refractivity contribution < 1.29 is 17.2 Å². The minimum absolute atomic E-state index is 0.214. The number of hydrogen-bond donors (Lipinski definition) is 1. The molecule has 0 saturated heterocycles. The molecule has 0 spiro atoms. The van der Waals surface area contributed by atoms with E-state index in [4.69, 9.17) is 39.4 Å². The molecule has 0 fully saturated rings. The molecule has 0 aliphatic carbocycles. The molecule has 26 heavy (non-hydrogen) atoms. The SMILES string of the molecule is O=S(c1ccc(Cl)cc1)N(CCCCS(=O)(=O)O)c1cc(Cl)ccc1Cl. The summed E-state index contributed by atoms with van der Waals surface area (Å²) in [6.07, 6.45) is 0.591. The zero-order chi connectivity index (χ0) is 19.3. The van der Waals surface area contributed by atoms with Crippen molar-refractivity contribution in [3.05, 3.63) is 57.5 Å². The highest BCUT2D eigenvalue weighted by molar-refractivity contribution is 7.86. The molecule has 0 amide bonds. The Balaban J connectivity index is 2.27. The van der Waals surface area contributed by atoms with Gasteiger partial charge in [-0.1, -0.05) is 34.8 Å². The molecule has 0 aliphatic rings. The van der Waals surface area contributed by atoms with Crippen molar-refractivity contribution in [3.63, 3.8) is 0 Å². The maximum atomic E-state index is 13.0. The summed E-state index contributed by atoms with van der Waals surface area (Å²) in [5, 5.41) is 1.32. The molecule has 0 aromatic heterocycles. The highest BCUT2D eigenvalue weighted by Gasteiger charge is 2.19. The van der Waals surface area contributed by atoms with Crippen LogP contribution in [0.1, 0.15) is 12.8 Å². The van der Waals surface area contributed by atoms with Crippen LogP contribution >= 0.6 is 34.8 Å². The summed E-state index contributed by atoms with van der Waals surface area (Å²) in [7, 11) is -5.64. The third kappa shape index (κ3) is 6.40. The summed E-state index contributed by atoms with van der Waals surface area (Å²) >= 11 is 18.2. The first-order valence-electron chi connectivity index (χ1n) is 7.52. The van der Waals surface area contributed by atoms with Crippen LogP contribution in [0.2, 0.25) is 15.1 Å². The highest BCUT2D eigenvalue weighted by Crippen LogP contribution is 2.32. The quantitative estimate of drug-likeness (QED) is 0.455. The first-order chi connectivity index (χ1) is 12.2. The van der Waals surface area contributed by atoms with Gasteiger partial charge < -0.3 is 0 Å². The lowest BCUT2D eigenvalue weighted by Crippen LogP contribution is -2.27. The summed E-state index contributed by atoms with van der Waals surface area (Å²) < 4.78 is 45.1. The minimum atomic E-state index is -4.03. The third-order valence-corrected chi connectivity index (χ3v) is 6.47. The second kappa shape index (κ2) is 9.39. The molecular weight excluding hydrogens is 441 g/mol. The van der Waals surface area contributed by atoms with Gasteiger partial charge in [-0.2, -0.15) is 8.42 Å². The average molecular weight is 457 g/mol. The van der Waals surface area contributed by atoms with E-state index in [2.05, 4.69) is 0 Å². The average Bonchev–Trinajstić information content (AvgIpc) is 2.57. The number of anilines is 1. The Morgan fingerprint density at radius 3 is 2.19 bits per heavy atom. The van der Waals surface area contributed by atoms with Gasteiger partial charge >= 0.3 is 0 Å². The molecular formula is C16H16Cl3NO4S2. The van der Waals surface area contributed by atoms with Crippen LogP contribution in [0.4, 0.5) is 5.69 Å². The topological polar surface area (TPSA) is 74.7 Å². The van der Waals surface area contributed by atoms with Gasteiger partial charge in [-0.15, -0.1) is 0 Å². The second-order valence-corrected chi connectivity index (χ2v) is 9.66. The summed E-state index contributed by atoms with van der Waals surface area (Å²) in [5.74, 6) is -0.363. The van der Waals surface area contributed by atoms with Gasteiger partial charge in [0.15, 0.2) is 11.0 Å². The van der Waals surface area contributed by atoms with E-state index >= 15 is 0 Å². The molecule has 0 bridgehead atoms. The van der Waals surface area contributed by atoms with Crippen LogP contribution in [0.15, 0.2) is 47.4 Å². The van der Waals surface area contributed by atoms with Crippen molar-refractivity contribution in [2.24, 2.45) is 0 Å². The minimum Gasteiger partial charge on any atom is -0.286 e. The van der Waals surface area contributed by atoms with Crippen LogP contribution in [-0.4, -0.2) is 29.5 Å². The maximum absolute atomic E-state index is 13.0. The van der Waals surface area contributed by atoms with E-state index in [0.29, 0.717) is 32.1 Å². The van der Waals surface area contributed by atoms with E-state index in [9.17, 15) is 12.6 Å². The number of benzene rings is 2. The summed E-state index contributed by atoms with van der Waals surface area (Å²) in [5.41, 5.74) is 0.472. The van der Waals surface area contributed by atoms with Crippen molar-refractivity contribution in [2.45, 2.75) is 17.7 Å². The van der Waals surface area contributed by atoms with Gasteiger partial charge in [-0.05, 0) is 55.3 Å². The maximum Gasteiger partial charge on any atom is 0.264 e. The fourth-order valence-corrected chi connectivity index (χ4v) is 4.57. The van der Waals surface area contributed by atoms with Crippen molar-refractivity contribution in [2.75, 3.05) is 16.6 Å². The molecule has 2 rings (SSSR count). The van der Waals surface area contributed by atoms with E-state index in [1.54, 1.807) is 46.8 Å². The lowest BCUT2D eigenvalue weighted by atomic mass is 10.3. The van der Waals surface area contributed by atoms with E-state index in [0.717, 1.165) is 0 Å². The van der Waals surface area contributed by atoms with E-state index in [1.165, 1.54) is 0 Å². The zero-order valence-corrected chi connectivity index (χ0v) is 17.3. The van der Waals surface area contributed by atoms with Crippen LogP contribution in [0.25, 0.3) is 0 Å². The van der Waals surface area contributed by atoms with Crippen molar-refractivity contribution in [1.29, 1.82) is 0 Å². The summed E-state index contributed by atoms with van der Waals surface area (Å²) in [6, 6.07) is 11.4. The Bertz CT molecular complexity index is 889. The van der Waals surface area contributed by atoms with Crippen LogP contribution in [0.3, 0.4) is 0 Å². The van der Waals surface area contributed by atoms with Gasteiger partial charge in [0.05, 0.1) is 21.4 Å². The van der Waals surface area contributed by atoms with Crippen LogP contribution in [0.5, 0.6) is 0 Å². The highest BCUT2D eigenvalue weighted by atomic mass is 35.5. The Labute approximate surface area is 170 Å². The van der Waals surface area contributed by atoms with Gasteiger partial charge in [0.25, 0.3) is 10.1 Å². The largest absolute Gasteiger partial charge is 0.286 e. The lowest BCUT2D eigenvalue weighted by molar-refractivity contribution is 0.480. The normalized spacial score (nSPS) is 12.8. The first-order valence-corrected chi connectivity index (χ1v) is 11.4. The third-order valence-electron chi connectivity index (χ3n) is 3.41. The Morgan fingerprint density at radius 2 is 1.58 bits per heavy atom. The molecule has 2 aromatic rings. The number of rotatable bonds is 8. The van der Waals surface area contributed by atoms with Gasteiger partial charge in [0.1, 0.15) is 0 Å². The molecule has 0 saturated carbocycles. The Hall–Kier alpha value is -0.830. The van der Waals surface area contributed by atoms with Crippen molar-refractivity contribution >= 4 is 61.6 Å². The molecule has 10 heteroatoms. The molecule has 0 heterocycles. The molecule has 0 aliphatic heterocycles. The predicted molar refractivity (Wildman–Crippen MR) is 107 cm³/mol. The Kier molecular flexibility index (Phi) is 7.76. The number of nitrogens with zero attached hydrogens (tertiary/aromatic N) is 1. The fourth-order valence-electron chi connectivity index (χ4n) is 2.19. The molecule has 1 N–H and O–H groups in total. The van der Waals surface area contributed by atoms with E-state index in [-0.39, 0.29) is 18.7 Å². The Morgan fingerprint density at radius 1 is 0.962 bits per heavy atom. The van der Waals surface area contributed by atoms with Gasteiger partial charge in [-0.25, -0.2) is 4.21 Å². The van der Waals surface area contributed by atoms with Gasteiger partial charge in [0.2, 0.25) is 0 Å². The van der Waals surface area contributed by atoms with Gasteiger partial charge in [-0.3, -0.25) is 8.86 Å². The molecule has 1 unspecified atom stereocenters. The predicted octanol–water partition coefficient (Wildman–Crippen LogP) is 4.84. The molecule has 1 atom stereocenters. The second-order valence-electron chi connectivity index (χ2n) is 5.39. The van der Waals surface area contributed by atoms with E-state index < -0.39 is 21.1 Å². The van der Waals surface area contributed by atoms with Crippen molar-refractivity contribution in [1.82, 2.24) is 0 Å². The summed E-state index contributed by atoms with van der Waals surface area (Å²) in [4.78, 5) is 0.514. The number of halogens is 3. The molecule has 5 nitrogen and oxygen atoms in total. The first kappa shape index (κ1) is 21.5.